The summed E-state index contributed by atoms with van der Waals surface area (Å²) < 4.78 is 24.5. The Bertz CT molecular complexity index is 914. The van der Waals surface area contributed by atoms with Gasteiger partial charge in [0, 0.05) is 5.56 Å². The van der Waals surface area contributed by atoms with Gasteiger partial charge in [-0.25, -0.2) is 0 Å². The first-order chi connectivity index (χ1) is 15.1. The zero-order valence-corrected chi connectivity index (χ0v) is 21.2. The number of rotatable bonds is 8. The number of benzene rings is 1. The van der Waals surface area contributed by atoms with Gasteiger partial charge in [0.15, 0.2) is 5.79 Å². The molecule has 4 unspecified atom stereocenters. The Morgan fingerprint density at radius 1 is 1.03 bits per heavy atom. The molecule has 8 heteroatoms. The van der Waals surface area contributed by atoms with E-state index in [1.54, 1.807) is 13.8 Å². The van der Waals surface area contributed by atoms with E-state index in [4.69, 9.17) is 18.9 Å². The topological polar surface area (TPSA) is 118 Å². The van der Waals surface area contributed by atoms with Gasteiger partial charge in [-0.1, -0.05) is 6.92 Å². The van der Waals surface area contributed by atoms with Crippen LogP contribution in [0.2, 0.25) is 0 Å². The first kappa shape index (κ1) is 26.2. The fraction of sp³-hybridized carbons (Fsp3) is 0.760. The molecule has 1 saturated heterocycles. The maximum Gasteiger partial charge on any atom is 0.227 e. The lowest BCUT2D eigenvalue weighted by molar-refractivity contribution is -0.520. The Kier molecular flexibility index (Phi) is 6.63. The predicted octanol–water partition coefficient (Wildman–Crippen LogP) is 2.78. The third-order valence-electron chi connectivity index (χ3n) is 7.97. The van der Waals surface area contributed by atoms with E-state index in [2.05, 4.69) is 0 Å². The lowest BCUT2D eigenvalue weighted by Gasteiger charge is -2.64. The maximum absolute atomic E-state index is 11.0. The minimum Gasteiger partial charge on any atom is -0.507 e. The van der Waals surface area contributed by atoms with Gasteiger partial charge in [-0.15, -0.1) is 0 Å². The van der Waals surface area contributed by atoms with Gasteiger partial charge in [-0.3, -0.25) is 0 Å². The highest BCUT2D eigenvalue weighted by Crippen LogP contribution is 2.53. The van der Waals surface area contributed by atoms with Gasteiger partial charge in [-0.2, -0.15) is 0 Å². The van der Waals surface area contributed by atoms with Crippen LogP contribution in [0.15, 0.2) is 0 Å². The summed E-state index contributed by atoms with van der Waals surface area (Å²) in [5.74, 6) is -1.81. The van der Waals surface area contributed by atoms with Crippen molar-refractivity contribution in [2.45, 2.75) is 103 Å². The SMILES string of the molecule is CCC(C)(OCC1(C)CCc2c(C)c(O)c(C)c(C)c2O1)OC1(CO)OC(C)(CO)[C@]1(C)O. The Morgan fingerprint density at radius 2 is 1.67 bits per heavy atom. The molecule has 0 saturated carbocycles. The highest BCUT2D eigenvalue weighted by molar-refractivity contribution is 5.58. The summed E-state index contributed by atoms with van der Waals surface area (Å²) in [6.07, 6.45) is 1.85. The van der Waals surface area contributed by atoms with E-state index < -0.39 is 41.6 Å². The van der Waals surface area contributed by atoms with Crippen LogP contribution < -0.4 is 4.74 Å². The summed E-state index contributed by atoms with van der Waals surface area (Å²) in [5.41, 5.74) is 0.0485. The third-order valence-corrected chi connectivity index (χ3v) is 7.97. The fourth-order valence-electron chi connectivity index (χ4n) is 4.70. The van der Waals surface area contributed by atoms with Crippen LogP contribution in [0, 0.1) is 20.8 Å². The molecule has 2 heterocycles. The zero-order valence-electron chi connectivity index (χ0n) is 21.2. The van der Waals surface area contributed by atoms with E-state index in [0.717, 1.165) is 34.4 Å². The average Bonchev–Trinajstić information content (AvgIpc) is 2.79. The van der Waals surface area contributed by atoms with Gasteiger partial charge >= 0.3 is 0 Å². The van der Waals surface area contributed by atoms with E-state index in [9.17, 15) is 20.4 Å². The number of aromatic hydroxyl groups is 1. The zero-order chi connectivity index (χ0) is 25.0. The Labute approximate surface area is 196 Å². The summed E-state index contributed by atoms with van der Waals surface area (Å²) >= 11 is 0. The number of ether oxygens (including phenoxy) is 4. The van der Waals surface area contributed by atoms with Crippen molar-refractivity contribution < 1.29 is 39.4 Å². The summed E-state index contributed by atoms with van der Waals surface area (Å²) in [4.78, 5) is 0. The normalized spacial score (nSPS) is 35.4. The van der Waals surface area contributed by atoms with Crippen LogP contribution in [-0.2, 0) is 20.6 Å². The minimum absolute atomic E-state index is 0.204. The summed E-state index contributed by atoms with van der Waals surface area (Å²) in [6.45, 7) is 13.5. The molecule has 8 nitrogen and oxygen atoms in total. The molecule has 0 amide bonds. The molecule has 2 aliphatic heterocycles. The molecule has 5 atom stereocenters. The van der Waals surface area contributed by atoms with E-state index in [-0.39, 0.29) is 6.61 Å². The van der Waals surface area contributed by atoms with Gasteiger partial charge in [0.1, 0.15) is 34.9 Å². The van der Waals surface area contributed by atoms with Gasteiger partial charge in [0.2, 0.25) is 5.79 Å². The lowest BCUT2D eigenvalue weighted by atomic mass is 9.72. The first-order valence-electron chi connectivity index (χ1n) is 11.6. The van der Waals surface area contributed by atoms with Gasteiger partial charge < -0.3 is 39.4 Å². The van der Waals surface area contributed by atoms with Crippen molar-refractivity contribution in [1.82, 2.24) is 0 Å². The van der Waals surface area contributed by atoms with Crippen molar-refractivity contribution in [3.05, 3.63) is 22.3 Å². The molecule has 0 aromatic heterocycles. The molecule has 0 aliphatic carbocycles. The van der Waals surface area contributed by atoms with E-state index >= 15 is 0 Å². The molecular weight excluding hydrogens is 428 g/mol. The number of aliphatic hydroxyl groups is 3. The maximum atomic E-state index is 11.0. The Hall–Kier alpha value is -1.42. The Morgan fingerprint density at radius 3 is 2.18 bits per heavy atom. The van der Waals surface area contributed by atoms with Crippen LogP contribution in [0.25, 0.3) is 0 Å². The summed E-state index contributed by atoms with van der Waals surface area (Å²) in [5, 5.41) is 41.1. The number of phenolic OH excluding ortho intramolecular Hbond substituents is 1. The van der Waals surface area contributed by atoms with Crippen molar-refractivity contribution in [2.75, 3.05) is 19.8 Å². The van der Waals surface area contributed by atoms with Crippen molar-refractivity contribution >= 4 is 0 Å². The molecule has 0 radical (unpaired) electrons. The van der Waals surface area contributed by atoms with Crippen LogP contribution in [0.3, 0.4) is 0 Å². The molecule has 0 bridgehead atoms. The lowest BCUT2D eigenvalue weighted by Crippen LogP contribution is -2.83. The standard InChI is InChI=1S/C25H40O8/c1-9-23(7,33-25(13-27)24(8,29)22(6,12-26)32-25)30-14-21(5)11-10-18-17(4)19(28)15(2)16(3)20(18)31-21/h26-29H,9-14H2,1-8H3/t21?,22?,23?,24-,25?/m0/s1. The fourth-order valence-corrected chi connectivity index (χ4v) is 4.70. The smallest absolute Gasteiger partial charge is 0.227 e. The van der Waals surface area contributed by atoms with E-state index in [1.807, 2.05) is 34.6 Å². The van der Waals surface area contributed by atoms with Crippen molar-refractivity contribution in [1.29, 1.82) is 0 Å². The molecule has 4 N–H and O–H groups in total. The molecule has 1 fully saturated rings. The van der Waals surface area contributed by atoms with Crippen LogP contribution in [0.5, 0.6) is 11.5 Å². The predicted molar refractivity (Wildman–Crippen MR) is 122 cm³/mol. The summed E-state index contributed by atoms with van der Waals surface area (Å²) in [6, 6.07) is 0. The van der Waals surface area contributed by atoms with E-state index in [0.29, 0.717) is 18.6 Å². The van der Waals surface area contributed by atoms with Crippen molar-refractivity contribution in [3.63, 3.8) is 0 Å². The van der Waals surface area contributed by atoms with Gasteiger partial charge in [-0.05, 0) is 84.4 Å². The second-order valence-electron chi connectivity index (χ2n) is 10.4. The van der Waals surface area contributed by atoms with E-state index in [1.165, 1.54) is 6.92 Å². The average molecular weight is 469 g/mol. The highest BCUT2D eigenvalue weighted by atomic mass is 16.8. The number of phenols is 1. The number of aliphatic hydroxyl groups excluding tert-OH is 2. The van der Waals surface area contributed by atoms with Crippen LogP contribution in [0.1, 0.15) is 69.7 Å². The molecular formula is C25H40O8. The third kappa shape index (κ3) is 3.94. The largest absolute Gasteiger partial charge is 0.507 e. The van der Waals surface area contributed by atoms with Crippen LogP contribution in [0.4, 0.5) is 0 Å². The Balaban J connectivity index is 1.78. The quantitative estimate of drug-likeness (QED) is 0.430. The molecule has 3 rings (SSSR count). The second-order valence-corrected chi connectivity index (χ2v) is 10.4. The molecule has 2 aliphatic rings. The number of fused-ring (bicyclic) bond motifs is 1. The molecule has 1 aromatic carbocycles. The van der Waals surface area contributed by atoms with Gasteiger partial charge in [0.25, 0.3) is 0 Å². The number of hydrogen-bond donors (Lipinski definition) is 4. The monoisotopic (exact) mass is 468 g/mol. The summed E-state index contributed by atoms with van der Waals surface area (Å²) in [7, 11) is 0. The highest BCUT2D eigenvalue weighted by Gasteiger charge is 2.73. The van der Waals surface area contributed by atoms with Crippen LogP contribution in [-0.4, -0.2) is 68.6 Å². The first-order valence-corrected chi connectivity index (χ1v) is 11.6. The minimum atomic E-state index is -1.72. The number of hydrogen-bond acceptors (Lipinski definition) is 8. The second kappa shape index (κ2) is 8.36. The van der Waals surface area contributed by atoms with Crippen molar-refractivity contribution in [3.8, 4) is 11.5 Å². The molecule has 0 spiro atoms. The van der Waals surface area contributed by atoms with Crippen LogP contribution >= 0.6 is 0 Å². The molecule has 188 valence electrons. The molecule has 1 aromatic rings. The van der Waals surface area contributed by atoms with Gasteiger partial charge in [0.05, 0.1) is 13.2 Å². The van der Waals surface area contributed by atoms with Crippen molar-refractivity contribution in [2.24, 2.45) is 0 Å². The molecule has 33 heavy (non-hydrogen) atoms.